The lowest BCUT2D eigenvalue weighted by molar-refractivity contribution is -0.127. The maximum Gasteiger partial charge on any atom is 0.242 e. The number of carbonyl (C=O) groups excluding carboxylic acids is 2. The number of fused-ring (bicyclic) bond motifs is 1. The van der Waals surface area contributed by atoms with E-state index >= 15 is 0 Å². The molecule has 0 aliphatic rings. The molecule has 1 heterocycles. The van der Waals surface area contributed by atoms with Gasteiger partial charge in [0.2, 0.25) is 11.8 Å². The standard InChI is InChI=1S/C27H27N3O2/c1-18(29-19(2)31)27(32)28-17-23(20-11-5-3-6-12-20)25-22-15-9-10-16-24(22)30-26(25)21-13-7-4-8-14-21/h3-16,18,23,30H,17H2,1-2H3,(H,28,32)(H,29,31). The highest BCUT2D eigenvalue weighted by Gasteiger charge is 2.25. The molecule has 162 valence electrons. The Morgan fingerprint density at radius 1 is 0.875 bits per heavy atom. The van der Waals surface area contributed by atoms with Crippen molar-refractivity contribution in [2.45, 2.75) is 25.8 Å². The van der Waals surface area contributed by atoms with Crippen LogP contribution in [0.5, 0.6) is 0 Å². The van der Waals surface area contributed by atoms with Crippen LogP contribution in [-0.2, 0) is 9.59 Å². The molecule has 0 fully saturated rings. The fraction of sp³-hybridized carbons (Fsp3) is 0.185. The summed E-state index contributed by atoms with van der Waals surface area (Å²) >= 11 is 0. The van der Waals surface area contributed by atoms with Crippen molar-refractivity contribution < 1.29 is 9.59 Å². The third-order valence-corrected chi connectivity index (χ3v) is 5.65. The zero-order valence-electron chi connectivity index (χ0n) is 18.3. The van der Waals surface area contributed by atoms with E-state index in [1.165, 1.54) is 6.92 Å². The van der Waals surface area contributed by atoms with Gasteiger partial charge in [-0.25, -0.2) is 0 Å². The molecule has 0 spiro atoms. The van der Waals surface area contributed by atoms with Gasteiger partial charge in [0.05, 0.1) is 5.69 Å². The zero-order valence-corrected chi connectivity index (χ0v) is 18.3. The van der Waals surface area contributed by atoms with Gasteiger partial charge in [-0.3, -0.25) is 9.59 Å². The molecular formula is C27H27N3O2. The van der Waals surface area contributed by atoms with Crippen LogP contribution < -0.4 is 10.6 Å². The molecule has 3 N–H and O–H groups in total. The summed E-state index contributed by atoms with van der Waals surface area (Å²) in [6, 6.07) is 28.1. The quantitative estimate of drug-likeness (QED) is 0.405. The molecule has 2 amide bonds. The van der Waals surface area contributed by atoms with Crippen molar-refractivity contribution in [3.05, 3.63) is 96.1 Å². The summed E-state index contributed by atoms with van der Waals surface area (Å²) < 4.78 is 0. The smallest absolute Gasteiger partial charge is 0.242 e. The van der Waals surface area contributed by atoms with E-state index in [-0.39, 0.29) is 17.7 Å². The molecule has 4 aromatic rings. The van der Waals surface area contributed by atoms with Crippen LogP contribution in [0.25, 0.3) is 22.2 Å². The topological polar surface area (TPSA) is 74.0 Å². The van der Waals surface area contributed by atoms with Crippen LogP contribution in [0, 0.1) is 0 Å². The van der Waals surface area contributed by atoms with Crippen LogP contribution in [0.4, 0.5) is 0 Å². The summed E-state index contributed by atoms with van der Waals surface area (Å²) in [6.45, 7) is 3.51. The van der Waals surface area contributed by atoms with Gasteiger partial charge in [-0.15, -0.1) is 0 Å². The van der Waals surface area contributed by atoms with Crippen LogP contribution >= 0.6 is 0 Å². The fourth-order valence-electron chi connectivity index (χ4n) is 4.16. The molecule has 5 heteroatoms. The first-order valence-corrected chi connectivity index (χ1v) is 10.8. The first kappa shape index (κ1) is 21.4. The molecule has 3 aromatic carbocycles. The predicted octanol–water partition coefficient (Wildman–Crippen LogP) is 4.61. The van der Waals surface area contributed by atoms with E-state index in [1.54, 1.807) is 6.92 Å². The summed E-state index contributed by atoms with van der Waals surface area (Å²) in [5, 5.41) is 6.83. The third-order valence-electron chi connectivity index (χ3n) is 5.65. The molecule has 0 aliphatic heterocycles. The highest BCUT2D eigenvalue weighted by Crippen LogP contribution is 2.38. The average Bonchev–Trinajstić information content (AvgIpc) is 3.19. The molecule has 0 bridgehead atoms. The van der Waals surface area contributed by atoms with Crippen molar-refractivity contribution in [2.75, 3.05) is 6.54 Å². The number of rotatable bonds is 7. The Bertz CT molecular complexity index is 1220. The van der Waals surface area contributed by atoms with Gasteiger partial charge in [0.25, 0.3) is 0 Å². The highest BCUT2D eigenvalue weighted by atomic mass is 16.2. The molecule has 4 rings (SSSR count). The minimum atomic E-state index is -0.597. The first-order valence-electron chi connectivity index (χ1n) is 10.8. The first-order chi connectivity index (χ1) is 15.5. The lowest BCUT2D eigenvalue weighted by Gasteiger charge is -2.22. The second kappa shape index (κ2) is 9.52. The molecule has 0 saturated carbocycles. The minimum absolute atomic E-state index is 0.0731. The van der Waals surface area contributed by atoms with E-state index in [1.807, 2.05) is 48.5 Å². The summed E-state index contributed by atoms with van der Waals surface area (Å²) in [5.41, 5.74) is 5.45. The SMILES string of the molecule is CC(=O)NC(C)C(=O)NCC(c1ccccc1)c1c(-c2ccccc2)[nH]c2ccccc12. The molecule has 0 aliphatic carbocycles. The van der Waals surface area contributed by atoms with Crippen LogP contribution in [0.1, 0.15) is 30.9 Å². The average molecular weight is 426 g/mol. The number of para-hydroxylation sites is 1. The Morgan fingerprint density at radius 3 is 2.19 bits per heavy atom. The number of H-pyrrole nitrogens is 1. The van der Waals surface area contributed by atoms with Crippen molar-refractivity contribution in [1.82, 2.24) is 15.6 Å². The Balaban J connectivity index is 1.78. The second-order valence-electron chi connectivity index (χ2n) is 7.96. The maximum absolute atomic E-state index is 12.7. The number of aromatic amines is 1. The Labute approximate surface area is 187 Å². The second-order valence-corrected chi connectivity index (χ2v) is 7.96. The summed E-state index contributed by atoms with van der Waals surface area (Å²) in [4.78, 5) is 27.6. The summed E-state index contributed by atoms with van der Waals surface area (Å²) in [6.07, 6.45) is 0. The van der Waals surface area contributed by atoms with Gasteiger partial charge in [0.1, 0.15) is 6.04 Å². The highest BCUT2D eigenvalue weighted by molar-refractivity contribution is 5.92. The molecule has 0 saturated heterocycles. The van der Waals surface area contributed by atoms with Gasteiger partial charge in [0.15, 0.2) is 0 Å². The van der Waals surface area contributed by atoms with Crippen LogP contribution in [0.2, 0.25) is 0 Å². The Kier molecular flexibility index (Phi) is 6.36. The van der Waals surface area contributed by atoms with Gasteiger partial charge < -0.3 is 15.6 Å². The van der Waals surface area contributed by atoms with Gasteiger partial charge in [-0.05, 0) is 29.7 Å². The van der Waals surface area contributed by atoms with Crippen molar-refractivity contribution in [2.24, 2.45) is 0 Å². The summed E-state index contributed by atoms with van der Waals surface area (Å²) in [5.74, 6) is -0.506. The number of nitrogens with one attached hydrogen (secondary N) is 3. The monoisotopic (exact) mass is 425 g/mol. The van der Waals surface area contributed by atoms with E-state index in [4.69, 9.17) is 0 Å². The van der Waals surface area contributed by atoms with Gasteiger partial charge in [-0.2, -0.15) is 0 Å². The van der Waals surface area contributed by atoms with E-state index in [0.29, 0.717) is 6.54 Å². The zero-order chi connectivity index (χ0) is 22.5. The lowest BCUT2D eigenvalue weighted by atomic mass is 9.87. The molecule has 0 radical (unpaired) electrons. The van der Waals surface area contributed by atoms with Gasteiger partial charge in [-0.1, -0.05) is 78.9 Å². The molecule has 32 heavy (non-hydrogen) atoms. The number of hydrogen-bond acceptors (Lipinski definition) is 2. The Hall–Kier alpha value is -3.86. The van der Waals surface area contributed by atoms with Crippen molar-refractivity contribution in [3.63, 3.8) is 0 Å². The number of benzene rings is 3. The fourth-order valence-corrected chi connectivity index (χ4v) is 4.16. The third kappa shape index (κ3) is 4.57. The lowest BCUT2D eigenvalue weighted by Crippen LogP contribution is -2.45. The molecule has 2 unspecified atom stereocenters. The van der Waals surface area contributed by atoms with Gasteiger partial charge in [0, 0.05) is 30.3 Å². The summed E-state index contributed by atoms with van der Waals surface area (Å²) in [7, 11) is 0. The maximum atomic E-state index is 12.7. The van der Waals surface area contributed by atoms with Crippen molar-refractivity contribution >= 4 is 22.7 Å². The van der Waals surface area contributed by atoms with Crippen LogP contribution in [-0.4, -0.2) is 29.4 Å². The van der Waals surface area contributed by atoms with Crippen molar-refractivity contribution in [3.8, 4) is 11.3 Å². The van der Waals surface area contributed by atoms with E-state index in [0.717, 1.165) is 33.3 Å². The van der Waals surface area contributed by atoms with E-state index in [9.17, 15) is 9.59 Å². The molecule has 5 nitrogen and oxygen atoms in total. The van der Waals surface area contributed by atoms with Crippen molar-refractivity contribution in [1.29, 1.82) is 0 Å². The largest absolute Gasteiger partial charge is 0.354 e. The number of carbonyl (C=O) groups is 2. The number of hydrogen-bond donors (Lipinski definition) is 3. The minimum Gasteiger partial charge on any atom is -0.354 e. The molecule has 1 aromatic heterocycles. The Morgan fingerprint density at radius 2 is 1.50 bits per heavy atom. The van der Waals surface area contributed by atoms with Crippen LogP contribution in [0.3, 0.4) is 0 Å². The molecular weight excluding hydrogens is 398 g/mol. The van der Waals surface area contributed by atoms with E-state index < -0.39 is 6.04 Å². The molecule has 2 atom stereocenters. The normalized spacial score (nSPS) is 12.8. The van der Waals surface area contributed by atoms with Crippen LogP contribution in [0.15, 0.2) is 84.9 Å². The number of aromatic nitrogens is 1. The predicted molar refractivity (Wildman–Crippen MR) is 128 cm³/mol. The van der Waals surface area contributed by atoms with Gasteiger partial charge >= 0.3 is 0 Å². The van der Waals surface area contributed by atoms with E-state index in [2.05, 4.69) is 52.0 Å². The number of amides is 2.